The van der Waals surface area contributed by atoms with Gasteiger partial charge in [0.15, 0.2) is 5.82 Å². The largest absolute Gasteiger partial charge is 0.354 e. The van der Waals surface area contributed by atoms with Crippen LogP contribution in [0.4, 0.5) is 5.82 Å². The number of rotatable bonds is 5. The number of nitrogens with one attached hydrogen (secondary N) is 2. The first kappa shape index (κ1) is 13.2. The summed E-state index contributed by atoms with van der Waals surface area (Å²) in [5.74, 6) is 0.126. The molecule has 0 aliphatic heterocycles. The van der Waals surface area contributed by atoms with E-state index in [4.69, 9.17) is 0 Å². The van der Waals surface area contributed by atoms with Gasteiger partial charge in [0.2, 0.25) is 5.91 Å². The smallest absolute Gasteiger partial charge is 0.290 e. The highest BCUT2D eigenvalue weighted by Gasteiger charge is 2.18. The molecule has 0 radical (unpaired) electrons. The molecule has 1 rings (SSSR count). The van der Waals surface area contributed by atoms with Crippen molar-refractivity contribution in [1.82, 2.24) is 14.9 Å². The van der Waals surface area contributed by atoms with E-state index < -0.39 is 6.04 Å². The van der Waals surface area contributed by atoms with Crippen LogP contribution in [0.1, 0.15) is 20.8 Å². The van der Waals surface area contributed by atoms with E-state index in [2.05, 4.69) is 15.3 Å². The summed E-state index contributed by atoms with van der Waals surface area (Å²) >= 11 is 0. The summed E-state index contributed by atoms with van der Waals surface area (Å²) in [7, 11) is 0. The van der Waals surface area contributed by atoms with Gasteiger partial charge in [0, 0.05) is 25.5 Å². The van der Waals surface area contributed by atoms with Gasteiger partial charge in [-0.25, -0.2) is 4.98 Å². The Morgan fingerprint density at radius 1 is 1.53 bits per heavy atom. The molecule has 0 saturated carbocycles. The molecule has 0 saturated heterocycles. The van der Waals surface area contributed by atoms with Gasteiger partial charge in [-0.1, -0.05) is 0 Å². The number of H-pyrrole nitrogens is 1. The highest BCUT2D eigenvalue weighted by molar-refractivity contribution is 5.83. The second kappa shape index (κ2) is 6.03. The van der Waals surface area contributed by atoms with Crippen molar-refractivity contribution in [2.75, 3.05) is 18.4 Å². The summed E-state index contributed by atoms with van der Waals surface area (Å²) in [6.07, 6.45) is 2.92. The second-order valence-corrected chi connectivity index (χ2v) is 3.64. The van der Waals surface area contributed by atoms with Gasteiger partial charge < -0.3 is 15.2 Å². The number of likely N-dealkylation sites (N-methyl/N-ethyl adjacent to an activating group) is 1. The Labute approximate surface area is 100 Å². The predicted octanol–water partition coefficient (Wildman–Crippen LogP) is 0.439. The molecule has 0 aliphatic rings. The molecule has 0 bridgehead atoms. The molecule has 1 heterocycles. The highest BCUT2D eigenvalue weighted by atomic mass is 16.2. The van der Waals surface area contributed by atoms with Crippen molar-refractivity contribution in [2.24, 2.45) is 0 Å². The van der Waals surface area contributed by atoms with Gasteiger partial charge in [0.05, 0.1) is 0 Å². The molecule has 0 fully saturated rings. The van der Waals surface area contributed by atoms with Crippen LogP contribution in [0.25, 0.3) is 0 Å². The zero-order valence-electron chi connectivity index (χ0n) is 10.4. The normalized spacial score (nSPS) is 11.9. The van der Waals surface area contributed by atoms with Gasteiger partial charge in [-0.2, -0.15) is 0 Å². The average molecular weight is 238 g/mol. The fraction of sp³-hybridized carbons (Fsp3) is 0.545. The molecule has 1 amide bonds. The first-order valence-corrected chi connectivity index (χ1v) is 5.69. The van der Waals surface area contributed by atoms with Gasteiger partial charge in [0.1, 0.15) is 6.04 Å². The lowest BCUT2D eigenvalue weighted by atomic mass is 10.3. The number of aromatic nitrogens is 2. The van der Waals surface area contributed by atoms with Gasteiger partial charge in [-0.15, -0.1) is 0 Å². The van der Waals surface area contributed by atoms with Crippen LogP contribution in [0.15, 0.2) is 17.2 Å². The van der Waals surface area contributed by atoms with Crippen LogP contribution in [0.5, 0.6) is 0 Å². The van der Waals surface area contributed by atoms with Crippen LogP contribution in [0, 0.1) is 0 Å². The van der Waals surface area contributed by atoms with Crippen molar-refractivity contribution in [2.45, 2.75) is 26.8 Å². The predicted molar refractivity (Wildman–Crippen MR) is 65.9 cm³/mol. The van der Waals surface area contributed by atoms with E-state index in [1.165, 1.54) is 12.4 Å². The Balaban J connectivity index is 2.73. The fourth-order valence-corrected chi connectivity index (χ4v) is 1.53. The number of carbonyl (C=O) groups excluding carboxylic acids is 1. The standard InChI is InChI=1S/C11H18N4O2/c1-4-15(5-2)11(17)8(3)14-9-10(16)13-7-6-12-9/h6-8H,4-5H2,1-3H3,(H,12,14)(H,13,16). The molecule has 6 heteroatoms. The van der Waals surface area contributed by atoms with Crippen LogP contribution in [0.3, 0.4) is 0 Å². The number of amides is 1. The van der Waals surface area contributed by atoms with E-state index in [1.807, 2.05) is 13.8 Å². The Bertz CT molecular complexity index is 425. The minimum absolute atomic E-state index is 0.0416. The molecule has 17 heavy (non-hydrogen) atoms. The molecule has 1 atom stereocenters. The van der Waals surface area contributed by atoms with Crippen LogP contribution < -0.4 is 10.9 Å². The summed E-state index contributed by atoms with van der Waals surface area (Å²) in [5.41, 5.74) is -0.327. The van der Waals surface area contributed by atoms with Crippen LogP contribution in [-0.2, 0) is 4.79 Å². The maximum Gasteiger partial charge on any atom is 0.290 e. The third-order valence-electron chi connectivity index (χ3n) is 2.51. The first-order chi connectivity index (χ1) is 8.10. The van der Waals surface area contributed by atoms with Crippen molar-refractivity contribution >= 4 is 11.7 Å². The number of hydrogen-bond acceptors (Lipinski definition) is 4. The van der Waals surface area contributed by atoms with E-state index in [0.717, 1.165) is 0 Å². The second-order valence-electron chi connectivity index (χ2n) is 3.64. The van der Waals surface area contributed by atoms with Crippen LogP contribution in [0.2, 0.25) is 0 Å². The molecular weight excluding hydrogens is 220 g/mol. The highest BCUT2D eigenvalue weighted by Crippen LogP contribution is 2.00. The number of nitrogens with zero attached hydrogens (tertiary/aromatic N) is 2. The molecule has 0 aliphatic carbocycles. The van der Waals surface area contributed by atoms with E-state index in [1.54, 1.807) is 11.8 Å². The molecule has 2 N–H and O–H groups in total. The zero-order valence-corrected chi connectivity index (χ0v) is 10.4. The van der Waals surface area contributed by atoms with Gasteiger partial charge >= 0.3 is 0 Å². The summed E-state index contributed by atoms with van der Waals surface area (Å²) < 4.78 is 0. The Kier molecular flexibility index (Phi) is 4.68. The maximum absolute atomic E-state index is 11.9. The van der Waals surface area contributed by atoms with Crippen molar-refractivity contribution in [1.29, 1.82) is 0 Å². The molecule has 0 aromatic carbocycles. The molecule has 1 aromatic heterocycles. The van der Waals surface area contributed by atoms with E-state index in [-0.39, 0.29) is 17.3 Å². The number of anilines is 1. The topological polar surface area (TPSA) is 78.1 Å². The molecule has 0 spiro atoms. The van der Waals surface area contributed by atoms with Gasteiger partial charge in [-0.3, -0.25) is 9.59 Å². The summed E-state index contributed by atoms with van der Waals surface area (Å²) in [5, 5.41) is 2.81. The monoisotopic (exact) mass is 238 g/mol. The minimum Gasteiger partial charge on any atom is -0.354 e. The quantitative estimate of drug-likeness (QED) is 0.780. The lowest BCUT2D eigenvalue weighted by molar-refractivity contribution is -0.131. The molecular formula is C11H18N4O2. The van der Waals surface area contributed by atoms with Crippen molar-refractivity contribution in [3.63, 3.8) is 0 Å². The Morgan fingerprint density at radius 2 is 2.18 bits per heavy atom. The lowest BCUT2D eigenvalue weighted by Gasteiger charge is -2.23. The van der Waals surface area contributed by atoms with Gasteiger partial charge in [-0.05, 0) is 20.8 Å². The zero-order chi connectivity index (χ0) is 12.8. The number of carbonyl (C=O) groups is 1. The summed E-state index contributed by atoms with van der Waals surface area (Å²) in [6.45, 7) is 6.86. The fourth-order valence-electron chi connectivity index (χ4n) is 1.53. The van der Waals surface area contributed by atoms with E-state index in [9.17, 15) is 9.59 Å². The van der Waals surface area contributed by atoms with Crippen molar-refractivity contribution in [3.05, 3.63) is 22.7 Å². The number of aromatic amines is 1. The van der Waals surface area contributed by atoms with Crippen LogP contribution in [-0.4, -0.2) is 39.9 Å². The summed E-state index contributed by atoms with van der Waals surface area (Å²) in [4.78, 5) is 31.4. The molecule has 1 unspecified atom stereocenters. The van der Waals surface area contributed by atoms with E-state index in [0.29, 0.717) is 13.1 Å². The first-order valence-electron chi connectivity index (χ1n) is 5.69. The van der Waals surface area contributed by atoms with E-state index >= 15 is 0 Å². The molecule has 94 valence electrons. The maximum atomic E-state index is 11.9. The minimum atomic E-state index is -0.467. The number of hydrogen-bond donors (Lipinski definition) is 2. The SMILES string of the molecule is CCN(CC)C(=O)C(C)Nc1ncc[nH]c1=O. The van der Waals surface area contributed by atoms with Crippen LogP contribution >= 0.6 is 0 Å². The molecule has 6 nitrogen and oxygen atoms in total. The lowest BCUT2D eigenvalue weighted by Crippen LogP contribution is -2.42. The van der Waals surface area contributed by atoms with Gasteiger partial charge in [0.25, 0.3) is 5.56 Å². The molecule has 1 aromatic rings. The third kappa shape index (κ3) is 3.30. The summed E-state index contributed by atoms with van der Waals surface area (Å²) in [6, 6.07) is -0.467. The Morgan fingerprint density at radius 3 is 2.71 bits per heavy atom. The Hall–Kier alpha value is -1.85. The van der Waals surface area contributed by atoms with Crippen molar-refractivity contribution < 1.29 is 4.79 Å². The average Bonchev–Trinajstić information content (AvgIpc) is 2.33. The van der Waals surface area contributed by atoms with Crippen molar-refractivity contribution in [3.8, 4) is 0 Å². The third-order valence-corrected chi connectivity index (χ3v) is 2.51.